The number of fused-ring (bicyclic) bond motifs is 2. The molecule has 0 N–H and O–H groups in total. The summed E-state index contributed by atoms with van der Waals surface area (Å²) in [6.07, 6.45) is 7.69. The van der Waals surface area contributed by atoms with E-state index in [9.17, 15) is 9.59 Å². The second-order valence-corrected chi connectivity index (χ2v) is 13.8. The van der Waals surface area contributed by atoms with Crippen LogP contribution in [0.4, 0.5) is 5.69 Å². The number of anilines is 1. The molecule has 0 radical (unpaired) electrons. The summed E-state index contributed by atoms with van der Waals surface area (Å²) in [5, 5.41) is 1.50. The highest BCUT2D eigenvalue weighted by molar-refractivity contribution is 7.18. The van der Waals surface area contributed by atoms with Gasteiger partial charge in [0.25, 0.3) is 0 Å². The molecule has 5 heterocycles. The maximum atomic E-state index is 13.3. The van der Waals surface area contributed by atoms with E-state index in [1.54, 1.807) is 31.5 Å². The minimum atomic E-state index is -0.549. The van der Waals surface area contributed by atoms with Gasteiger partial charge in [-0.2, -0.15) is 0 Å². The Bertz CT molecular complexity index is 2500. The summed E-state index contributed by atoms with van der Waals surface area (Å²) in [6.45, 7) is 6.36. The Balaban J connectivity index is 1.17. The third-order valence-electron chi connectivity index (χ3n) is 9.31. The van der Waals surface area contributed by atoms with Gasteiger partial charge < -0.3 is 27.8 Å². The van der Waals surface area contributed by atoms with Crippen molar-refractivity contribution in [2.24, 2.45) is 7.05 Å². The summed E-state index contributed by atoms with van der Waals surface area (Å²) in [7, 11) is 5.04. The molecule has 7 aromatic rings. The van der Waals surface area contributed by atoms with Crippen molar-refractivity contribution in [2.45, 2.75) is 39.5 Å². The largest absolute Gasteiger partial charge is 0.496 e. The molecule has 0 amide bonds. The average molecular weight is 717 g/mol. The third-order valence-corrected chi connectivity index (χ3v) is 10.5. The second kappa shape index (κ2) is 14.9. The van der Waals surface area contributed by atoms with E-state index in [1.165, 1.54) is 24.6 Å². The predicted octanol–water partition coefficient (Wildman–Crippen LogP) is 9.18. The molecule has 7 rings (SSSR count). The van der Waals surface area contributed by atoms with Crippen molar-refractivity contribution in [1.82, 2.24) is 14.5 Å². The highest BCUT2D eigenvalue weighted by atomic mass is 32.1. The van der Waals surface area contributed by atoms with Crippen LogP contribution in [0.1, 0.15) is 39.5 Å². The number of hydrogen-bond acceptors (Lipinski definition) is 10. The molecule has 0 atom stereocenters. The van der Waals surface area contributed by atoms with Gasteiger partial charge in [0.05, 0.1) is 65.1 Å². The monoisotopic (exact) mass is 716 g/mol. The first kappa shape index (κ1) is 34.8. The molecule has 10 nitrogen and oxygen atoms in total. The standard InChI is InChI=1S/C41H40N4O6S/c1-6-8-16-45(17-9-7-2)26-11-10-25-18-30(41(47)50-35(25)19-26)38-14-15-39(52-38)34-13-12-33(44(34)3)32-24-42-23-31(43-32)28-22-29-36(49-5)20-27(48-4)21-37(29)51-40(28)46/h10-15,18-24H,6-9,16-17H2,1-5H3. The summed E-state index contributed by atoms with van der Waals surface area (Å²) >= 11 is 1.52. The fourth-order valence-corrected chi connectivity index (χ4v) is 7.49. The minimum absolute atomic E-state index is 0.262. The van der Waals surface area contributed by atoms with Gasteiger partial charge in [0.1, 0.15) is 28.4 Å². The van der Waals surface area contributed by atoms with Crippen LogP contribution in [-0.2, 0) is 7.05 Å². The molecule has 0 bridgehead atoms. The minimum Gasteiger partial charge on any atom is -0.496 e. The van der Waals surface area contributed by atoms with Gasteiger partial charge in [-0.1, -0.05) is 26.7 Å². The topological polar surface area (TPSA) is 113 Å². The van der Waals surface area contributed by atoms with Crippen LogP contribution in [0.25, 0.3) is 65.6 Å². The van der Waals surface area contributed by atoms with Crippen LogP contribution in [-0.4, -0.2) is 41.8 Å². The molecule has 0 aliphatic rings. The highest BCUT2D eigenvalue weighted by Gasteiger charge is 2.19. The van der Waals surface area contributed by atoms with Gasteiger partial charge >= 0.3 is 11.3 Å². The number of thiophene rings is 1. The predicted molar refractivity (Wildman–Crippen MR) is 208 cm³/mol. The van der Waals surface area contributed by atoms with E-state index in [0.717, 1.165) is 71.0 Å². The summed E-state index contributed by atoms with van der Waals surface area (Å²) in [5.74, 6) is 1.02. The van der Waals surface area contributed by atoms with E-state index in [0.29, 0.717) is 45.0 Å². The van der Waals surface area contributed by atoms with E-state index >= 15 is 0 Å². The molecular weight excluding hydrogens is 677 g/mol. The molecule has 266 valence electrons. The average Bonchev–Trinajstić information content (AvgIpc) is 3.80. The van der Waals surface area contributed by atoms with Gasteiger partial charge in [0.2, 0.25) is 0 Å². The maximum absolute atomic E-state index is 13.3. The number of benzene rings is 2. The van der Waals surface area contributed by atoms with Crippen LogP contribution in [0.2, 0.25) is 0 Å². The summed E-state index contributed by atoms with van der Waals surface area (Å²) < 4.78 is 24.4. The zero-order valence-corrected chi connectivity index (χ0v) is 30.7. The quantitative estimate of drug-likeness (QED) is 0.108. The van der Waals surface area contributed by atoms with Crippen molar-refractivity contribution in [1.29, 1.82) is 0 Å². The Kier molecular flexibility index (Phi) is 9.95. The molecule has 2 aromatic carbocycles. The van der Waals surface area contributed by atoms with Crippen molar-refractivity contribution in [3.63, 3.8) is 0 Å². The Hall–Kier alpha value is -5.68. The molecule has 0 fully saturated rings. The van der Waals surface area contributed by atoms with E-state index in [2.05, 4.69) is 29.8 Å². The van der Waals surface area contributed by atoms with Crippen molar-refractivity contribution in [3.8, 4) is 55.2 Å². The summed E-state index contributed by atoms with van der Waals surface area (Å²) in [6, 6.07) is 21.1. The van der Waals surface area contributed by atoms with Crippen LogP contribution < -0.4 is 25.6 Å². The number of nitrogens with zero attached hydrogens (tertiary/aromatic N) is 4. The molecular formula is C41H40N4O6S. The molecule has 0 spiro atoms. The lowest BCUT2D eigenvalue weighted by Gasteiger charge is -2.24. The summed E-state index contributed by atoms with van der Waals surface area (Å²) in [5.41, 5.74) is 4.61. The Morgan fingerprint density at radius 1 is 0.750 bits per heavy atom. The first-order valence-electron chi connectivity index (χ1n) is 17.4. The number of unbranched alkanes of at least 4 members (excludes halogenated alkanes) is 2. The van der Waals surface area contributed by atoms with Crippen molar-refractivity contribution < 1.29 is 18.3 Å². The fraction of sp³-hybridized carbons (Fsp3) is 0.268. The Labute approximate surface area is 304 Å². The zero-order chi connectivity index (χ0) is 36.4. The molecule has 0 aliphatic carbocycles. The number of aromatic nitrogens is 3. The van der Waals surface area contributed by atoms with Crippen LogP contribution in [0.3, 0.4) is 0 Å². The van der Waals surface area contributed by atoms with Gasteiger partial charge in [-0.3, -0.25) is 4.98 Å². The third kappa shape index (κ3) is 6.71. The zero-order valence-electron chi connectivity index (χ0n) is 29.9. The molecule has 0 saturated carbocycles. The van der Waals surface area contributed by atoms with E-state index < -0.39 is 5.63 Å². The van der Waals surface area contributed by atoms with E-state index in [1.807, 2.05) is 54.1 Å². The Morgan fingerprint density at radius 3 is 2.21 bits per heavy atom. The van der Waals surface area contributed by atoms with E-state index in [-0.39, 0.29) is 11.2 Å². The van der Waals surface area contributed by atoms with Crippen LogP contribution in [0.5, 0.6) is 11.5 Å². The van der Waals surface area contributed by atoms with Crippen molar-refractivity contribution >= 4 is 39.0 Å². The smallest absolute Gasteiger partial charge is 0.345 e. The normalized spacial score (nSPS) is 11.4. The van der Waals surface area contributed by atoms with Crippen molar-refractivity contribution in [2.75, 3.05) is 32.2 Å². The lowest BCUT2D eigenvalue weighted by molar-refractivity contribution is 0.396. The maximum Gasteiger partial charge on any atom is 0.345 e. The molecule has 0 saturated heterocycles. The van der Waals surface area contributed by atoms with E-state index in [4.69, 9.17) is 23.3 Å². The first-order chi connectivity index (χ1) is 25.3. The van der Waals surface area contributed by atoms with Crippen LogP contribution >= 0.6 is 11.3 Å². The molecule has 52 heavy (non-hydrogen) atoms. The van der Waals surface area contributed by atoms with Gasteiger partial charge in [0.15, 0.2) is 0 Å². The lowest BCUT2D eigenvalue weighted by Crippen LogP contribution is -2.25. The SMILES string of the molecule is CCCCN(CCCC)c1ccc2cc(-c3ccc(-c4ccc(-c5cncc(-c6cc7c(OC)cc(OC)cc7oc6=O)n5)n4C)s3)c(=O)oc2c1. The van der Waals surface area contributed by atoms with Gasteiger partial charge in [-0.05, 0) is 61.4 Å². The summed E-state index contributed by atoms with van der Waals surface area (Å²) in [4.78, 5) is 39.9. The second-order valence-electron chi connectivity index (χ2n) is 12.7. The first-order valence-corrected chi connectivity index (χ1v) is 18.2. The van der Waals surface area contributed by atoms with Gasteiger partial charge in [-0.25, -0.2) is 14.6 Å². The molecule has 11 heteroatoms. The lowest BCUT2D eigenvalue weighted by atomic mass is 10.1. The molecule has 0 aliphatic heterocycles. The number of rotatable bonds is 13. The van der Waals surface area contributed by atoms with Crippen LogP contribution in [0.15, 0.2) is 97.5 Å². The van der Waals surface area contributed by atoms with Crippen molar-refractivity contribution in [3.05, 3.63) is 100.0 Å². The fourth-order valence-electron chi connectivity index (χ4n) is 6.42. The van der Waals surface area contributed by atoms with Gasteiger partial charge in [-0.15, -0.1) is 11.3 Å². The Morgan fingerprint density at radius 2 is 1.46 bits per heavy atom. The number of ether oxygens (including phenoxy) is 2. The molecule has 0 unspecified atom stereocenters. The highest BCUT2D eigenvalue weighted by Crippen LogP contribution is 2.37. The number of methoxy groups -OCH3 is 2. The van der Waals surface area contributed by atoms with Crippen LogP contribution in [0, 0.1) is 0 Å². The molecule has 5 aromatic heterocycles. The number of hydrogen-bond donors (Lipinski definition) is 0. The van der Waals surface area contributed by atoms with Gasteiger partial charge in [0, 0.05) is 54.3 Å².